The lowest BCUT2D eigenvalue weighted by Crippen LogP contribution is -2.18. The van der Waals surface area contributed by atoms with Crippen LogP contribution in [0.3, 0.4) is 0 Å². The number of hydrogen-bond donors (Lipinski definition) is 1. The monoisotopic (exact) mass is 354 g/mol. The average molecular weight is 355 g/mol. The fourth-order valence-electron chi connectivity index (χ4n) is 2.36. The van der Waals surface area contributed by atoms with Crippen molar-refractivity contribution in [3.63, 3.8) is 0 Å². The average Bonchev–Trinajstić information content (AvgIpc) is 2.78. The number of aryl methyl sites for hydroxylation is 1. The molecule has 1 aliphatic rings. The Morgan fingerprint density at radius 1 is 1.40 bits per heavy atom. The van der Waals surface area contributed by atoms with Crippen LogP contribution in [0, 0.1) is 6.92 Å². The van der Waals surface area contributed by atoms with Gasteiger partial charge in [0.25, 0.3) is 0 Å². The van der Waals surface area contributed by atoms with Gasteiger partial charge in [-0.2, -0.15) is 0 Å². The van der Waals surface area contributed by atoms with Gasteiger partial charge in [-0.05, 0) is 41.1 Å². The minimum Gasteiger partial charge on any atom is -0.497 e. The number of halogens is 1. The summed E-state index contributed by atoms with van der Waals surface area (Å²) in [6, 6.07) is 7.62. The number of fused-ring (bicyclic) bond motifs is 1. The first-order chi connectivity index (χ1) is 9.58. The van der Waals surface area contributed by atoms with E-state index in [1.54, 1.807) is 18.4 Å². The summed E-state index contributed by atoms with van der Waals surface area (Å²) in [6.45, 7) is 2.06. The second-order valence-corrected chi connectivity index (χ2v) is 6.96. The maximum Gasteiger partial charge on any atom is 0.136 e. The van der Waals surface area contributed by atoms with Crippen LogP contribution in [0.1, 0.15) is 33.9 Å². The molecule has 0 spiro atoms. The molecule has 0 saturated carbocycles. The van der Waals surface area contributed by atoms with Gasteiger partial charge in [0, 0.05) is 32.3 Å². The van der Waals surface area contributed by atoms with E-state index in [2.05, 4.69) is 28.9 Å². The number of thiophene rings is 1. The van der Waals surface area contributed by atoms with E-state index >= 15 is 0 Å². The van der Waals surface area contributed by atoms with E-state index in [4.69, 9.17) is 9.47 Å². The van der Waals surface area contributed by atoms with Gasteiger partial charge in [0.2, 0.25) is 0 Å². The van der Waals surface area contributed by atoms with Crippen molar-refractivity contribution in [3.05, 3.63) is 44.1 Å². The van der Waals surface area contributed by atoms with Crippen molar-refractivity contribution in [2.45, 2.75) is 25.6 Å². The van der Waals surface area contributed by atoms with Crippen LogP contribution in [0.15, 0.2) is 28.7 Å². The van der Waals surface area contributed by atoms with Gasteiger partial charge in [-0.15, -0.1) is 11.3 Å². The lowest BCUT2D eigenvalue weighted by molar-refractivity contribution is 0.0671. The molecule has 3 rings (SSSR count). The summed E-state index contributed by atoms with van der Waals surface area (Å²) >= 11 is 5.22. The highest BCUT2D eigenvalue weighted by Gasteiger charge is 2.29. The molecule has 0 saturated heterocycles. The van der Waals surface area contributed by atoms with Gasteiger partial charge >= 0.3 is 0 Å². The van der Waals surface area contributed by atoms with E-state index in [0.717, 1.165) is 20.7 Å². The summed E-state index contributed by atoms with van der Waals surface area (Å²) in [5.74, 6) is 1.44. The second kappa shape index (κ2) is 5.39. The van der Waals surface area contributed by atoms with E-state index in [0.29, 0.717) is 12.2 Å². The third-order valence-electron chi connectivity index (χ3n) is 3.48. The van der Waals surface area contributed by atoms with E-state index in [1.807, 2.05) is 18.2 Å². The van der Waals surface area contributed by atoms with Crippen LogP contribution in [0.25, 0.3) is 0 Å². The number of benzene rings is 1. The van der Waals surface area contributed by atoms with Crippen LogP contribution >= 0.6 is 27.3 Å². The van der Waals surface area contributed by atoms with Crippen LogP contribution in [0.5, 0.6) is 11.5 Å². The van der Waals surface area contributed by atoms with Gasteiger partial charge in [-0.25, -0.2) is 0 Å². The molecule has 5 heteroatoms. The quantitative estimate of drug-likeness (QED) is 0.869. The summed E-state index contributed by atoms with van der Waals surface area (Å²) in [5.41, 5.74) is 0.828. The van der Waals surface area contributed by atoms with Gasteiger partial charge in [0.1, 0.15) is 17.6 Å². The van der Waals surface area contributed by atoms with Crippen molar-refractivity contribution in [1.82, 2.24) is 0 Å². The Bertz CT molecular complexity index is 619. The lowest BCUT2D eigenvalue weighted by Gasteiger charge is -2.29. The number of ether oxygens (including phenoxy) is 2. The smallest absolute Gasteiger partial charge is 0.136 e. The number of rotatable bonds is 2. The summed E-state index contributed by atoms with van der Waals surface area (Å²) < 4.78 is 12.4. The van der Waals surface area contributed by atoms with E-state index in [-0.39, 0.29) is 6.10 Å². The summed E-state index contributed by atoms with van der Waals surface area (Å²) in [7, 11) is 1.62. The largest absolute Gasteiger partial charge is 0.497 e. The van der Waals surface area contributed by atoms with Crippen molar-refractivity contribution in [2.24, 2.45) is 0 Å². The van der Waals surface area contributed by atoms with Crippen molar-refractivity contribution in [3.8, 4) is 11.5 Å². The summed E-state index contributed by atoms with van der Waals surface area (Å²) in [5, 5.41) is 10.3. The first-order valence-corrected chi connectivity index (χ1v) is 7.98. The van der Waals surface area contributed by atoms with Gasteiger partial charge in [0.15, 0.2) is 0 Å². The molecule has 1 aromatic heterocycles. The summed E-state index contributed by atoms with van der Waals surface area (Å²) in [6.07, 6.45) is -0.0402. The number of hydrogen-bond acceptors (Lipinski definition) is 4. The number of aliphatic hydroxyl groups is 1. The molecule has 0 aliphatic carbocycles. The molecule has 2 aromatic rings. The Morgan fingerprint density at radius 2 is 2.20 bits per heavy atom. The first kappa shape index (κ1) is 13.9. The van der Waals surface area contributed by atoms with Crippen molar-refractivity contribution in [2.75, 3.05) is 7.11 Å². The maximum atomic E-state index is 10.3. The molecule has 106 valence electrons. The van der Waals surface area contributed by atoms with Crippen LogP contribution in [-0.4, -0.2) is 12.2 Å². The van der Waals surface area contributed by atoms with Gasteiger partial charge in [0.05, 0.1) is 13.2 Å². The van der Waals surface area contributed by atoms with E-state index in [1.165, 1.54) is 4.88 Å². The molecule has 0 fully saturated rings. The number of aliphatic hydroxyl groups excluding tert-OH is 1. The Kier molecular flexibility index (Phi) is 3.75. The Balaban J connectivity index is 1.94. The molecular formula is C15H15BrO3S. The predicted molar refractivity (Wildman–Crippen MR) is 82.7 cm³/mol. The van der Waals surface area contributed by atoms with Crippen LogP contribution in [0.4, 0.5) is 0 Å². The molecule has 3 nitrogen and oxygen atoms in total. The third-order valence-corrected chi connectivity index (χ3v) is 5.71. The van der Waals surface area contributed by atoms with E-state index < -0.39 is 6.10 Å². The maximum absolute atomic E-state index is 10.3. The molecule has 1 unspecified atom stereocenters. The van der Waals surface area contributed by atoms with Crippen LogP contribution in [0.2, 0.25) is 0 Å². The molecule has 1 aromatic carbocycles. The first-order valence-electron chi connectivity index (χ1n) is 6.37. The Labute approximate surface area is 130 Å². The van der Waals surface area contributed by atoms with Gasteiger partial charge in [-0.3, -0.25) is 0 Å². The minimum absolute atomic E-state index is 0.111. The van der Waals surface area contributed by atoms with Gasteiger partial charge < -0.3 is 14.6 Å². The topological polar surface area (TPSA) is 38.7 Å². The molecule has 2 atom stereocenters. The minimum atomic E-state index is -0.504. The fraction of sp³-hybridized carbons (Fsp3) is 0.333. The highest BCUT2D eigenvalue weighted by Crippen LogP contribution is 2.44. The summed E-state index contributed by atoms with van der Waals surface area (Å²) in [4.78, 5) is 2.34. The SMILES string of the molecule is COc1ccc2c(c1)OC(c1cc(Br)c(C)s1)C[C@@H]2O. The Morgan fingerprint density at radius 3 is 2.85 bits per heavy atom. The van der Waals surface area contributed by atoms with Crippen LogP contribution < -0.4 is 9.47 Å². The zero-order chi connectivity index (χ0) is 14.3. The molecule has 0 amide bonds. The van der Waals surface area contributed by atoms with Crippen molar-refractivity contribution < 1.29 is 14.6 Å². The second-order valence-electron chi connectivity index (χ2n) is 4.81. The molecule has 20 heavy (non-hydrogen) atoms. The molecule has 2 heterocycles. The molecule has 0 radical (unpaired) electrons. The lowest BCUT2D eigenvalue weighted by atomic mass is 9.98. The van der Waals surface area contributed by atoms with Gasteiger partial charge in [-0.1, -0.05) is 0 Å². The van der Waals surface area contributed by atoms with Crippen molar-refractivity contribution in [1.29, 1.82) is 0 Å². The molecular weight excluding hydrogens is 340 g/mol. The standard InChI is InChI=1S/C15H15BrO3S/c1-8-11(16)6-15(20-8)14-7-12(17)10-4-3-9(18-2)5-13(10)19-14/h3-6,12,14,17H,7H2,1-2H3/t12-,14?/m0/s1. The predicted octanol–water partition coefficient (Wildman–Crippen LogP) is 4.38. The normalized spacial score (nSPS) is 21.2. The zero-order valence-electron chi connectivity index (χ0n) is 11.2. The highest BCUT2D eigenvalue weighted by molar-refractivity contribution is 9.10. The third kappa shape index (κ3) is 2.45. The molecule has 1 aliphatic heterocycles. The Hall–Kier alpha value is -1.04. The number of methoxy groups -OCH3 is 1. The highest BCUT2D eigenvalue weighted by atomic mass is 79.9. The zero-order valence-corrected chi connectivity index (χ0v) is 13.6. The molecule has 1 N–H and O–H groups in total. The van der Waals surface area contributed by atoms with Crippen LogP contribution in [-0.2, 0) is 0 Å². The van der Waals surface area contributed by atoms with Crippen molar-refractivity contribution >= 4 is 27.3 Å². The molecule has 0 bridgehead atoms. The fourth-order valence-corrected chi connectivity index (χ4v) is 3.97. The van der Waals surface area contributed by atoms with E-state index in [9.17, 15) is 5.11 Å².